The lowest BCUT2D eigenvalue weighted by atomic mass is 10.1. The molecule has 0 unspecified atom stereocenters. The summed E-state index contributed by atoms with van der Waals surface area (Å²) >= 11 is 0. The van der Waals surface area contributed by atoms with E-state index >= 15 is 0 Å². The summed E-state index contributed by atoms with van der Waals surface area (Å²) in [6.07, 6.45) is 1.12. The molecule has 0 spiro atoms. The molecule has 0 fully saturated rings. The van der Waals surface area contributed by atoms with Crippen molar-refractivity contribution in [2.45, 2.75) is 70.4 Å². The van der Waals surface area contributed by atoms with Gasteiger partial charge in [0.25, 0.3) is 0 Å². The van der Waals surface area contributed by atoms with Crippen molar-refractivity contribution in [3.8, 4) is 5.75 Å². The minimum atomic E-state index is -2.19. The van der Waals surface area contributed by atoms with Crippen molar-refractivity contribution in [2.24, 2.45) is 15.3 Å². The van der Waals surface area contributed by atoms with Crippen molar-refractivity contribution in [3.63, 3.8) is 0 Å². The lowest BCUT2D eigenvalue weighted by Crippen LogP contribution is -2.52. The number of hydrogen-bond donors (Lipinski definition) is 2. The maximum Gasteiger partial charge on any atom is 0.334 e. The fourth-order valence-electron chi connectivity index (χ4n) is 3.58. The zero-order valence-electron chi connectivity index (χ0n) is 22.6. The topological polar surface area (TPSA) is 231 Å². The van der Waals surface area contributed by atoms with Gasteiger partial charge in [-0.2, -0.15) is 4.39 Å². The smallest absolute Gasteiger partial charge is 0.334 e. The van der Waals surface area contributed by atoms with Crippen molar-refractivity contribution < 1.29 is 36.7 Å². The highest BCUT2D eigenvalue weighted by Gasteiger charge is 2.31. The fourth-order valence-corrected chi connectivity index (χ4v) is 3.58. The Bertz CT molecular complexity index is 1230. The zero-order valence-corrected chi connectivity index (χ0v) is 22.6. The Hall–Kier alpha value is -4.72. The Morgan fingerprint density at radius 1 is 0.738 bits per heavy atom. The molecule has 19 heteroatoms. The van der Waals surface area contributed by atoms with E-state index in [1.165, 1.54) is 0 Å². The third-order valence-electron chi connectivity index (χ3n) is 5.76. The van der Waals surface area contributed by atoms with Crippen molar-refractivity contribution >= 4 is 17.8 Å². The van der Waals surface area contributed by atoms with E-state index in [4.69, 9.17) is 21.3 Å². The molecule has 1 aromatic rings. The van der Waals surface area contributed by atoms with Gasteiger partial charge in [0.2, 0.25) is 23.4 Å². The molecule has 42 heavy (non-hydrogen) atoms. The Balaban J connectivity index is 3.16. The number of unbranched alkanes of at least 4 members (excludes halogenated alkanes) is 2. The number of nitrogens with zero attached hydrogens (tertiary/aromatic N) is 9. The van der Waals surface area contributed by atoms with E-state index < -0.39 is 64.4 Å². The highest BCUT2D eigenvalue weighted by molar-refractivity contribution is 5.91. The number of hydrogen-bond acceptors (Lipinski definition) is 7. The quantitative estimate of drug-likeness (QED) is 0.0242. The molecule has 0 aliphatic carbocycles. The second-order valence-electron chi connectivity index (χ2n) is 8.77. The summed E-state index contributed by atoms with van der Waals surface area (Å²) in [6.45, 7) is 1.08. The van der Waals surface area contributed by atoms with E-state index in [2.05, 4.69) is 40.7 Å². The van der Waals surface area contributed by atoms with Crippen LogP contribution >= 0.6 is 0 Å². The van der Waals surface area contributed by atoms with E-state index in [-0.39, 0.29) is 58.2 Å². The SMILES string of the molecule is Cc1c(F)c(F)c(F)c(F)c1OC(=O)[C@H](CCCCN=[N+]=[N-])NC(=O)[C@H](CCCCN=[N+]=[N-])NC(=O)CCCN=[N+]=[N-]. The first-order valence-electron chi connectivity index (χ1n) is 12.7. The second-order valence-corrected chi connectivity index (χ2v) is 8.77. The minimum absolute atomic E-state index is 0.0389. The van der Waals surface area contributed by atoms with Gasteiger partial charge in [-0.05, 0) is 55.6 Å². The number of carbonyl (C=O) groups excluding carboxylic acids is 3. The first-order valence-corrected chi connectivity index (χ1v) is 12.7. The molecular weight excluding hydrogens is 570 g/mol. The molecule has 0 heterocycles. The number of nitrogens with one attached hydrogen (secondary N) is 2. The van der Waals surface area contributed by atoms with E-state index in [1.54, 1.807) is 0 Å². The molecule has 1 rings (SSSR count). The van der Waals surface area contributed by atoms with Gasteiger partial charge in [-0.25, -0.2) is 18.0 Å². The fraction of sp³-hybridized carbons (Fsp3) is 0.609. The summed E-state index contributed by atoms with van der Waals surface area (Å²) < 4.78 is 60.5. The number of benzene rings is 1. The molecule has 0 radical (unpaired) electrons. The summed E-state index contributed by atoms with van der Waals surface area (Å²) in [6, 6.07) is -2.72. The normalized spacial score (nSPS) is 11.6. The summed E-state index contributed by atoms with van der Waals surface area (Å²) in [5.41, 5.74) is 24.4. The largest absolute Gasteiger partial charge is 0.421 e. The number of amides is 2. The molecular formula is C23H29F4N11O4. The summed E-state index contributed by atoms with van der Waals surface area (Å²) in [5.74, 6) is -12.0. The Kier molecular flexibility index (Phi) is 16.3. The Morgan fingerprint density at radius 2 is 1.24 bits per heavy atom. The number of rotatable bonds is 19. The van der Waals surface area contributed by atoms with Gasteiger partial charge in [-0.15, -0.1) is 0 Å². The number of azide groups is 3. The monoisotopic (exact) mass is 599 g/mol. The van der Waals surface area contributed by atoms with Gasteiger partial charge in [0.15, 0.2) is 17.4 Å². The molecule has 2 amide bonds. The third kappa shape index (κ3) is 11.8. The maximum absolute atomic E-state index is 14.3. The standard InChI is InChI=1S/C23H29F4N11O4/c1-13-17(24)18(25)19(26)20(27)21(13)42-23(41)15(8-3-5-11-32-37-29)35-22(40)14(7-2-4-10-31-36-28)34-16(39)9-6-12-33-38-30/h14-15H,2-12H2,1H3,(H,34,39)(H,35,40)/t14-,15-/m0/s1. The Labute approximate surface area is 236 Å². The Morgan fingerprint density at radius 3 is 1.79 bits per heavy atom. The predicted octanol–water partition coefficient (Wildman–Crippen LogP) is 5.48. The lowest BCUT2D eigenvalue weighted by molar-refractivity contribution is -0.140. The van der Waals surface area contributed by atoms with Crippen molar-refractivity contribution in [3.05, 3.63) is 60.2 Å². The molecule has 0 saturated carbocycles. The van der Waals surface area contributed by atoms with Gasteiger partial charge in [-0.1, -0.05) is 28.2 Å². The number of carbonyl (C=O) groups is 3. The van der Waals surface area contributed by atoms with Crippen LogP contribution in [0.4, 0.5) is 17.6 Å². The van der Waals surface area contributed by atoms with Crippen LogP contribution < -0.4 is 15.4 Å². The zero-order chi connectivity index (χ0) is 31.5. The predicted molar refractivity (Wildman–Crippen MR) is 139 cm³/mol. The molecule has 0 aliphatic rings. The average molecular weight is 600 g/mol. The average Bonchev–Trinajstić information content (AvgIpc) is 2.97. The van der Waals surface area contributed by atoms with Crippen molar-refractivity contribution in [1.29, 1.82) is 0 Å². The van der Waals surface area contributed by atoms with Crippen LogP contribution in [0.15, 0.2) is 15.3 Å². The van der Waals surface area contributed by atoms with Gasteiger partial charge in [-0.3, -0.25) is 9.59 Å². The lowest BCUT2D eigenvalue weighted by Gasteiger charge is -2.23. The second kappa shape index (κ2) is 19.4. The molecule has 0 saturated heterocycles. The number of esters is 1. The first-order chi connectivity index (χ1) is 20.1. The molecule has 228 valence electrons. The maximum atomic E-state index is 14.3. The summed E-state index contributed by atoms with van der Waals surface area (Å²) in [7, 11) is 0. The van der Waals surface area contributed by atoms with Crippen LogP contribution in [0.1, 0.15) is 56.9 Å². The van der Waals surface area contributed by atoms with Gasteiger partial charge in [0, 0.05) is 46.4 Å². The van der Waals surface area contributed by atoms with Crippen LogP contribution in [0.5, 0.6) is 5.75 Å². The van der Waals surface area contributed by atoms with Gasteiger partial charge >= 0.3 is 5.97 Å². The van der Waals surface area contributed by atoms with E-state index in [0.717, 1.165) is 6.92 Å². The molecule has 0 aromatic heterocycles. The van der Waals surface area contributed by atoms with Crippen molar-refractivity contribution in [2.75, 3.05) is 19.6 Å². The van der Waals surface area contributed by atoms with Gasteiger partial charge in [0.1, 0.15) is 12.1 Å². The van der Waals surface area contributed by atoms with Crippen LogP contribution in [0.25, 0.3) is 31.3 Å². The molecule has 0 aliphatic heterocycles. The van der Waals surface area contributed by atoms with Crippen LogP contribution in [-0.4, -0.2) is 49.5 Å². The minimum Gasteiger partial charge on any atom is -0.421 e. The first kappa shape index (κ1) is 35.3. The van der Waals surface area contributed by atoms with Crippen molar-refractivity contribution in [1.82, 2.24) is 10.6 Å². The van der Waals surface area contributed by atoms with Gasteiger partial charge in [0.05, 0.1) is 0 Å². The van der Waals surface area contributed by atoms with Crippen LogP contribution in [-0.2, 0) is 14.4 Å². The van der Waals surface area contributed by atoms with Gasteiger partial charge < -0.3 is 15.4 Å². The number of ether oxygens (including phenoxy) is 1. The van der Waals surface area contributed by atoms with Crippen LogP contribution in [0.2, 0.25) is 0 Å². The number of halogens is 4. The van der Waals surface area contributed by atoms with Crippen LogP contribution in [0.3, 0.4) is 0 Å². The molecule has 0 bridgehead atoms. The third-order valence-corrected chi connectivity index (χ3v) is 5.76. The highest BCUT2D eigenvalue weighted by Crippen LogP contribution is 2.30. The summed E-state index contributed by atoms with van der Waals surface area (Å²) in [5, 5.41) is 14.9. The van der Waals surface area contributed by atoms with E-state index in [0.29, 0.717) is 12.8 Å². The molecule has 2 atom stereocenters. The molecule has 2 N–H and O–H groups in total. The van der Waals surface area contributed by atoms with E-state index in [9.17, 15) is 31.9 Å². The highest BCUT2D eigenvalue weighted by atomic mass is 19.2. The molecule has 15 nitrogen and oxygen atoms in total. The summed E-state index contributed by atoms with van der Waals surface area (Å²) in [4.78, 5) is 46.3. The molecule has 1 aromatic carbocycles. The van der Waals surface area contributed by atoms with E-state index in [1.807, 2.05) is 0 Å². The van der Waals surface area contributed by atoms with Crippen LogP contribution in [0, 0.1) is 30.2 Å².